The summed E-state index contributed by atoms with van der Waals surface area (Å²) in [5.74, 6) is -1.41. The number of carbonyl (C=O) groups excluding carboxylic acids is 2. The number of benzene rings is 4. The van der Waals surface area contributed by atoms with E-state index in [0.717, 1.165) is 17.1 Å². The van der Waals surface area contributed by atoms with Crippen molar-refractivity contribution in [3.8, 4) is 0 Å². The van der Waals surface area contributed by atoms with Crippen LogP contribution in [0.1, 0.15) is 17.3 Å². The van der Waals surface area contributed by atoms with Crippen LogP contribution in [0.25, 0.3) is 10.8 Å². The number of hydrogen-bond donors (Lipinski definition) is 0. The fourth-order valence-corrected chi connectivity index (χ4v) is 6.79. The zero-order chi connectivity index (χ0) is 26.7. The van der Waals surface area contributed by atoms with E-state index >= 15 is 0 Å². The van der Waals surface area contributed by atoms with E-state index in [1.807, 2.05) is 18.2 Å². The van der Waals surface area contributed by atoms with Gasteiger partial charge in [-0.05, 0) is 53.7 Å². The fraction of sp³-hybridized carbons (Fsp3) is 0.0690. The number of Topliss-reactive ketones (excluding diaryl/α,β-unsaturated/α-hetero) is 1. The van der Waals surface area contributed by atoms with Gasteiger partial charge in [-0.3, -0.25) is 4.79 Å². The number of esters is 1. The number of hydrazone groups is 1. The van der Waals surface area contributed by atoms with Gasteiger partial charge >= 0.3 is 5.97 Å². The van der Waals surface area contributed by atoms with Crippen LogP contribution >= 0.6 is 11.8 Å². The molecule has 0 radical (unpaired) electrons. The molecule has 190 valence electrons. The van der Waals surface area contributed by atoms with Crippen LogP contribution in [0.3, 0.4) is 0 Å². The van der Waals surface area contributed by atoms with Crippen LogP contribution in [-0.2, 0) is 19.4 Å². The third kappa shape index (κ3) is 4.73. The Bertz CT molecular complexity index is 1690. The first kappa shape index (κ1) is 25.4. The first-order valence-corrected chi connectivity index (χ1v) is 14.1. The van der Waals surface area contributed by atoms with Crippen LogP contribution in [-0.4, -0.2) is 31.8 Å². The maximum Gasteiger partial charge on any atom is 0.365 e. The normalized spacial score (nSPS) is 14.8. The van der Waals surface area contributed by atoms with Crippen molar-refractivity contribution in [3.05, 3.63) is 119 Å². The number of para-hydroxylation sites is 1. The van der Waals surface area contributed by atoms with Gasteiger partial charge in [-0.2, -0.15) is 5.10 Å². The molecule has 0 atom stereocenters. The predicted octanol–water partition coefficient (Wildman–Crippen LogP) is 5.80. The van der Waals surface area contributed by atoms with Crippen LogP contribution in [0.15, 0.2) is 123 Å². The molecule has 5 rings (SSSR count). The van der Waals surface area contributed by atoms with Crippen LogP contribution in [0.5, 0.6) is 0 Å². The van der Waals surface area contributed by atoms with Crippen molar-refractivity contribution >= 4 is 54.9 Å². The standard InChI is InChI=1S/C29H22N2O5S2/c1-2-36-29(33)27-30-31(21-14-5-3-6-15-21)28(37-27)26(38(34,35)22-16-7-4-8-17-22)25(32)24-19-11-13-20-12-9-10-18-23(20)24/h3-19H,2H2,1H3/b28-26+. The zero-order valence-electron chi connectivity index (χ0n) is 20.3. The largest absolute Gasteiger partial charge is 0.461 e. The van der Waals surface area contributed by atoms with E-state index in [9.17, 15) is 18.0 Å². The summed E-state index contributed by atoms with van der Waals surface area (Å²) < 4.78 is 33.5. The molecule has 1 aliphatic rings. The summed E-state index contributed by atoms with van der Waals surface area (Å²) in [5, 5.41) is 7.04. The lowest BCUT2D eigenvalue weighted by Gasteiger charge is -2.19. The van der Waals surface area contributed by atoms with Crippen molar-refractivity contribution in [3.63, 3.8) is 0 Å². The average molecular weight is 543 g/mol. The number of allylic oxidation sites excluding steroid dienone is 1. The molecule has 0 saturated carbocycles. The third-order valence-corrected chi connectivity index (χ3v) is 8.73. The van der Waals surface area contributed by atoms with Crippen molar-refractivity contribution in [2.24, 2.45) is 5.10 Å². The van der Waals surface area contributed by atoms with Crippen LogP contribution < -0.4 is 5.01 Å². The molecule has 0 bridgehead atoms. The number of carbonyl (C=O) groups is 2. The number of ether oxygens (including phenoxy) is 1. The highest BCUT2D eigenvalue weighted by molar-refractivity contribution is 8.19. The lowest BCUT2D eigenvalue weighted by Crippen LogP contribution is -2.22. The second-order valence-electron chi connectivity index (χ2n) is 8.18. The predicted molar refractivity (Wildman–Crippen MR) is 150 cm³/mol. The van der Waals surface area contributed by atoms with Crippen molar-refractivity contribution in [2.75, 3.05) is 11.6 Å². The highest BCUT2D eigenvalue weighted by Crippen LogP contribution is 2.41. The number of rotatable bonds is 7. The number of fused-ring (bicyclic) bond motifs is 1. The van der Waals surface area contributed by atoms with Gasteiger partial charge in [0.2, 0.25) is 20.7 Å². The van der Waals surface area contributed by atoms with Gasteiger partial charge in [-0.1, -0.05) is 78.9 Å². The van der Waals surface area contributed by atoms with Gasteiger partial charge in [-0.15, -0.1) is 0 Å². The molecule has 0 saturated heterocycles. The molecule has 38 heavy (non-hydrogen) atoms. The highest BCUT2D eigenvalue weighted by atomic mass is 32.2. The molecule has 1 heterocycles. The van der Waals surface area contributed by atoms with Gasteiger partial charge in [0.15, 0.2) is 4.91 Å². The number of anilines is 1. The van der Waals surface area contributed by atoms with Crippen molar-refractivity contribution in [1.29, 1.82) is 0 Å². The van der Waals surface area contributed by atoms with Crippen LogP contribution in [0.4, 0.5) is 5.69 Å². The van der Waals surface area contributed by atoms with Gasteiger partial charge in [0.25, 0.3) is 0 Å². The number of ketones is 1. The van der Waals surface area contributed by atoms with E-state index < -0.39 is 26.5 Å². The summed E-state index contributed by atoms with van der Waals surface area (Å²) in [4.78, 5) is 26.4. The summed E-state index contributed by atoms with van der Waals surface area (Å²) in [7, 11) is -4.36. The maximum atomic E-state index is 14.3. The average Bonchev–Trinajstić information content (AvgIpc) is 3.38. The lowest BCUT2D eigenvalue weighted by molar-refractivity contribution is -0.134. The Morgan fingerprint density at radius 1 is 0.842 bits per heavy atom. The molecule has 0 N–H and O–H groups in total. The second kappa shape index (κ2) is 10.6. The highest BCUT2D eigenvalue weighted by Gasteiger charge is 2.40. The molecule has 0 aliphatic carbocycles. The SMILES string of the molecule is CCOC(=O)C1=NN(c2ccccc2)/C(=C(/C(=O)c2cccc3ccccc23)S(=O)(=O)c2ccccc2)S1. The molecular formula is C29H22N2O5S2. The molecule has 0 unspecified atom stereocenters. The molecule has 0 amide bonds. The van der Waals surface area contributed by atoms with Crippen LogP contribution in [0, 0.1) is 0 Å². The van der Waals surface area contributed by atoms with Crippen LogP contribution in [0.2, 0.25) is 0 Å². The minimum Gasteiger partial charge on any atom is -0.461 e. The Morgan fingerprint density at radius 3 is 2.18 bits per heavy atom. The Morgan fingerprint density at radius 2 is 1.47 bits per heavy atom. The van der Waals surface area contributed by atoms with Gasteiger partial charge < -0.3 is 4.74 Å². The topological polar surface area (TPSA) is 93.1 Å². The first-order valence-electron chi connectivity index (χ1n) is 11.8. The van der Waals surface area contributed by atoms with E-state index in [-0.39, 0.29) is 27.1 Å². The Hall–Kier alpha value is -4.21. The molecule has 4 aromatic rings. The Kier molecular flexibility index (Phi) is 7.13. The minimum absolute atomic E-state index is 0.000963. The van der Waals surface area contributed by atoms with E-state index in [0.29, 0.717) is 11.1 Å². The molecule has 9 heteroatoms. The molecule has 1 aliphatic heterocycles. The number of hydrogen-bond acceptors (Lipinski definition) is 8. The molecule has 0 fully saturated rings. The lowest BCUT2D eigenvalue weighted by atomic mass is 10.0. The van der Waals surface area contributed by atoms with E-state index in [4.69, 9.17) is 4.74 Å². The molecule has 0 spiro atoms. The summed E-state index contributed by atoms with van der Waals surface area (Å²) in [6, 6.07) is 28.9. The fourth-order valence-electron chi connectivity index (χ4n) is 4.05. The van der Waals surface area contributed by atoms with Gasteiger partial charge in [0.1, 0.15) is 5.03 Å². The van der Waals surface area contributed by atoms with E-state index in [1.165, 1.54) is 17.1 Å². The molecular weight excluding hydrogens is 520 g/mol. The summed E-state index contributed by atoms with van der Waals surface area (Å²) in [6.45, 7) is 1.78. The summed E-state index contributed by atoms with van der Waals surface area (Å²) >= 11 is 0.801. The zero-order valence-corrected chi connectivity index (χ0v) is 21.9. The van der Waals surface area contributed by atoms with E-state index in [1.54, 1.807) is 79.7 Å². The molecule has 7 nitrogen and oxygen atoms in total. The Labute approximate surface area is 224 Å². The summed E-state index contributed by atoms with van der Waals surface area (Å²) in [5.41, 5.74) is 0.712. The molecule has 4 aromatic carbocycles. The quantitative estimate of drug-likeness (QED) is 0.166. The van der Waals surface area contributed by atoms with Crippen molar-refractivity contribution in [2.45, 2.75) is 11.8 Å². The number of thioether (sulfide) groups is 1. The molecule has 0 aromatic heterocycles. The summed E-state index contributed by atoms with van der Waals surface area (Å²) in [6.07, 6.45) is 0. The smallest absolute Gasteiger partial charge is 0.365 e. The number of nitrogens with zero attached hydrogens (tertiary/aromatic N) is 2. The van der Waals surface area contributed by atoms with Gasteiger partial charge in [0.05, 0.1) is 17.2 Å². The third-order valence-electron chi connectivity index (χ3n) is 5.78. The minimum atomic E-state index is -4.36. The second-order valence-corrected chi connectivity index (χ2v) is 11.0. The Balaban J connectivity index is 1.79. The monoisotopic (exact) mass is 542 g/mol. The number of sulfone groups is 1. The van der Waals surface area contributed by atoms with Crippen molar-refractivity contribution < 1.29 is 22.7 Å². The van der Waals surface area contributed by atoms with Crippen molar-refractivity contribution in [1.82, 2.24) is 0 Å². The maximum absolute atomic E-state index is 14.3. The van der Waals surface area contributed by atoms with E-state index in [2.05, 4.69) is 5.10 Å². The first-order chi connectivity index (χ1) is 18.4. The van der Waals surface area contributed by atoms with Gasteiger partial charge in [-0.25, -0.2) is 18.2 Å². The van der Waals surface area contributed by atoms with Gasteiger partial charge in [0, 0.05) is 5.56 Å².